The van der Waals surface area contributed by atoms with E-state index >= 15 is 0 Å². The second-order valence-corrected chi connectivity index (χ2v) is 4.90. The molecular formula is C12H13BrN4. The molecule has 2 heterocycles. The Hall–Kier alpha value is -1.33. The molecule has 4 nitrogen and oxygen atoms in total. The van der Waals surface area contributed by atoms with Gasteiger partial charge in [-0.25, -0.2) is 9.97 Å². The van der Waals surface area contributed by atoms with Gasteiger partial charge in [0.1, 0.15) is 0 Å². The third-order valence-electron chi connectivity index (χ3n) is 2.23. The molecule has 2 N–H and O–H groups in total. The largest absolute Gasteiger partial charge is 0.328 e. The first kappa shape index (κ1) is 12.1. The first-order chi connectivity index (χ1) is 8.15. The van der Waals surface area contributed by atoms with Crippen LogP contribution in [0.1, 0.15) is 12.5 Å². The van der Waals surface area contributed by atoms with Gasteiger partial charge in [-0.3, -0.25) is 4.98 Å². The Balaban J connectivity index is 2.23. The molecule has 0 aliphatic heterocycles. The topological polar surface area (TPSA) is 64.7 Å². The Morgan fingerprint density at radius 3 is 2.53 bits per heavy atom. The molecule has 1 unspecified atom stereocenters. The first-order valence-electron chi connectivity index (χ1n) is 5.32. The molecule has 0 spiro atoms. The van der Waals surface area contributed by atoms with Crippen LogP contribution < -0.4 is 5.73 Å². The molecule has 0 saturated carbocycles. The fourth-order valence-corrected chi connectivity index (χ4v) is 1.88. The van der Waals surface area contributed by atoms with Gasteiger partial charge in [0.15, 0.2) is 5.82 Å². The highest BCUT2D eigenvalue weighted by Crippen LogP contribution is 2.17. The maximum absolute atomic E-state index is 5.72. The van der Waals surface area contributed by atoms with E-state index in [1.54, 1.807) is 12.4 Å². The molecule has 0 amide bonds. The number of rotatable bonds is 3. The number of aromatic nitrogens is 3. The number of hydrogen-bond donors (Lipinski definition) is 1. The van der Waals surface area contributed by atoms with E-state index in [1.165, 1.54) is 0 Å². The van der Waals surface area contributed by atoms with Crippen molar-refractivity contribution in [1.29, 1.82) is 0 Å². The zero-order valence-corrected chi connectivity index (χ0v) is 11.1. The average Bonchev–Trinajstić information content (AvgIpc) is 2.29. The number of pyridine rings is 1. The highest BCUT2D eigenvalue weighted by atomic mass is 79.9. The molecule has 0 fully saturated rings. The number of hydrogen-bond acceptors (Lipinski definition) is 4. The number of halogens is 1. The van der Waals surface area contributed by atoms with Crippen molar-refractivity contribution in [2.45, 2.75) is 19.4 Å². The van der Waals surface area contributed by atoms with Gasteiger partial charge in [0.2, 0.25) is 0 Å². The van der Waals surface area contributed by atoms with Gasteiger partial charge in [-0.1, -0.05) is 0 Å². The van der Waals surface area contributed by atoms with E-state index in [0.29, 0.717) is 5.82 Å². The monoisotopic (exact) mass is 292 g/mol. The molecule has 0 saturated heterocycles. The third-order valence-corrected chi connectivity index (χ3v) is 2.66. The maximum Gasteiger partial charge on any atom is 0.160 e. The molecule has 5 heteroatoms. The second kappa shape index (κ2) is 5.33. The third kappa shape index (κ3) is 3.31. The summed E-state index contributed by atoms with van der Waals surface area (Å²) in [6.45, 7) is 1.96. The molecule has 0 radical (unpaired) electrons. The summed E-state index contributed by atoms with van der Waals surface area (Å²) in [5.41, 5.74) is 7.66. The van der Waals surface area contributed by atoms with Crippen LogP contribution in [-0.2, 0) is 6.42 Å². The smallest absolute Gasteiger partial charge is 0.160 e. The van der Waals surface area contributed by atoms with Crippen LogP contribution in [0.4, 0.5) is 0 Å². The fourth-order valence-electron chi connectivity index (χ4n) is 1.52. The van der Waals surface area contributed by atoms with Crippen LogP contribution in [0.25, 0.3) is 11.4 Å². The van der Waals surface area contributed by atoms with Crippen LogP contribution in [0, 0.1) is 0 Å². The Kier molecular flexibility index (Phi) is 3.81. The molecule has 2 rings (SSSR count). The van der Waals surface area contributed by atoms with Crippen LogP contribution in [0.3, 0.4) is 0 Å². The summed E-state index contributed by atoms with van der Waals surface area (Å²) in [7, 11) is 0. The van der Waals surface area contributed by atoms with Crippen molar-refractivity contribution in [3.63, 3.8) is 0 Å². The van der Waals surface area contributed by atoms with E-state index in [1.807, 2.05) is 25.4 Å². The van der Waals surface area contributed by atoms with Gasteiger partial charge in [0.05, 0.1) is 0 Å². The summed E-state index contributed by atoms with van der Waals surface area (Å²) in [5, 5.41) is 0. The van der Waals surface area contributed by atoms with Gasteiger partial charge < -0.3 is 5.73 Å². The zero-order chi connectivity index (χ0) is 12.3. The molecule has 17 heavy (non-hydrogen) atoms. The van der Waals surface area contributed by atoms with Gasteiger partial charge in [0.25, 0.3) is 0 Å². The SMILES string of the molecule is CC(N)Cc1cnc(-c2cncc(Br)c2)nc1. The van der Waals surface area contributed by atoms with E-state index < -0.39 is 0 Å². The molecule has 88 valence electrons. The lowest BCUT2D eigenvalue weighted by Gasteiger charge is -2.05. The molecular weight excluding hydrogens is 280 g/mol. The minimum atomic E-state index is 0.122. The Morgan fingerprint density at radius 1 is 1.24 bits per heavy atom. The van der Waals surface area contributed by atoms with Gasteiger partial charge in [-0.05, 0) is 40.9 Å². The summed E-state index contributed by atoms with van der Waals surface area (Å²) in [4.78, 5) is 12.7. The van der Waals surface area contributed by atoms with Crippen molar-refractivity contribution < 1.29 is 0 Å². The van der Waals surface area contributed by atoms with Gasteiger partial charge >= 0.3 is 0 Å². The molecule has 0 aliphatic rings. The quantitative estimate of drug-likeness (QED) is 0.942. The second-order valence-electron chi connectivity index (χ2n) is 3.99. The van der Waals surface area contributed by atoms with Gasteiger partial charge in [0, 0.05) is 40.9 Å². The Labute approximate surface area is 108 Å². The van der Waals surface area contributed by atoms with Gasteiger partial charge in [-0.15, -0.1) is 0 Å². The lowest BCUT2D eigenvalue weighted by atomic mass is 10.1. The maximum atomic E-state index is 5.72. The van der Waals surface area contributed by atoms with Crippen molar-refractivity contribution in [3.05, 3.63) is 40.9 Å². The Morgan fingerprint density at radius 2 is 1.94 bits per heavy atom. The van der Waals surface area contributed by atoms with E-state index in [9.17, 15) is 0 Å². The van der Waals surface area contributed by atoms with Crippen molar-refractivity contribution in [3.8, 4) is 11.4 Å². The molecule has 0 bridgehead atoms. The highest BCUT2D eigenvalue weighted by Gasteiger charge is 2.03. The summed E-state index contributed by atoms with van der Waals surface area (Å²) in [6, 6.07) is 2.06. The summed E-state index contributed by atoms with van der Waals surface area (Å²) in [5.74, 6) is 0.673. The van der Waals surface area contributed by atoms with Crippen LogP contribution >= 0.6 is 15.9 Å². The fraction of sp³-hybridized carbons (Fsp3) is 0.250. The summed E-state index contributed by atoms with van der Waals surface area (Å²) >= 11 is 3.37. The van der Waals surface area contributed by atoms with Crippen molar-refractivity contribution in [2.75, 3.05) is 0 Å². The Bertz CT molecular complexity index is 496. The predicted molar refractivity (Wildman–Crippen MR) is 70.3 cm³/mol. The molecule has 2 aromatic rings. The summed E-state index contributed by atoms with van der Waals surface area (Å²) in [6.07, 6.45) is 7.88. The van der Waals surface area contributed by atoms with Crippen molar-refractivity contribution in [1.82, 2.24) is 15.0 Å². The van der Waals surface area contributed by atoms with E-state index in [4.69, 9.17) is 5.73 Å². The number of nitrogens with zero attached hydrogens (tertiary/aromatic N) is 3. The predicted octanol–water partition coefficient (Wildman–Crippen LogP) is 2.19. The highest BCUT2D eigenvalue weighted by molar-refractivity contribution is 9.10. The van der Waals surface area contributed by atoms with Crippen LogP contribution in [0.5, 0.6) is 0 Å². The van der Waals surface area contributed by atoms with Crippen LogP contribution in [-0.4, -0.2) is 21.0 Å². The van der Waals surface area contributed by atoms with Crippen molar-refractivity contribution in [2.24, 2.45) is 5.73 Å². The molecule has 1 atom stereocenters. The van der Waals surface area contributed by atoms with E-state index in [0.717, 1.165) is 22.0 Å². The average molecular weight is 293 g/mol. The van der Waals surface area contributed by atoms with Crippen LogP contribution in [0.15, 0.2) is 35.3 Å². The minimum absolute atomic E-state index is 0.122. The lowest BCUT2D eigenvalue weighted by molar-refractivity contribution is 0.732. The van der Waals surface area contributed by atoms with Crippen LogP contribution in [0.2, 0.25) is 0 Å². The number of nitrogens with two attached hydrogens (primary N) is 1. The van der Waals surface area contributed by atoms with E-state index in [2.05, 4.69) is 30.9 Å². The summed E-state index contributed by atoms with van der Waals surface area (Å²) < 4.78 is 0.915. The standard InChI is InChI=1S/C12H13BrN4/c1-8(14)2-9-4-16-12(17-5-9)10-3-11(13)7-15-6-10/h3-8H,2,14H2,1H3. The normalized spacial score (nSPS) is 12.4. The van der Waals surface area contributed by atoms with Crippen molar-refractivity contribution >= 4 is 15.9 Å². The minimum Gasteiger partial charge on any atom is -0.328 e. The molecule has 0 aromatic carbocycles. The van der Waals surface area contributed by atoms with Gasteiger partial charge in [-0.2, -0.15) is 0 Å². The van der Waals surface area contributed by atoms with E-state index in [-0.39, 0.29) is 6.04 Å². The lowest BCUT2D eigenvalue weighted by Crippen LogP contribution is -2.18. The zero-order valence-electron chi connectivity index (χ0n) is 9.47. The first-order valence-corrected chi connectivity index (χ1v) is 6.12. The molecule has 0 aliphatic carbocycles. The molecule has 2 aromatic heterocycles.